The SMILES string of the molecule is Cc1cc(F)ccc1S(=O)(=O)Nc1ccc(C(=O)O)s1. The molecule has 0 spiro atoms. The molecule has 0 unspecified atom stereocenters. The Morgan fingerprint density at radius 1 is 1.30 bits per heavy atom. The van der Waals surface area contributed by atoms with Crippen molar-refractivity contribution in [3.05, 3.63) is 46.6 Å². The fourth-order valence-electron chi connectivity index (χ4n) is 1.61. The molecule has 5 nitrogen and oxygen atoms in total. The summed E-state index contributed by atoms with van der Waals surface area (Å²) in [4.78, 5) is 10.7. The predicted octanol–water partition coefficient (Wildman–Crippen LogP) is 2.69. The molecule has 0 fully saturated rings. The minimum Gasteiger partial charge on any atom is -0.477 e. The van der Waals surface area contributed by atoms with E-state index in [9.17, 15) is 17.6 Å². The van der Waals surface area contributed by atoms with E-state index in [1.807, 2.05) is 0 Å². The molecule has 0 aliphatic rings. The second-order valence-electron chi connectivity index (χ2n) is 3.98. The fraction of sp³-hybridized carbons (Fsp3) is 0.0833. The molecule has 0 radical (unpaired) electrons. The number of carboxylic acids is 1. The summed E-state index contributed by atoms with van der Waals surface area (Å²) in [6.45, 7) is 1.48. The van der Waals surface area contributed by atoms with Gasteiger partial charge in [0.1, 0.15) is 15.7 Å². The molecule has 8 heteroatoms. The number of thiophene rings is 1. The highest BCUT2D eigenvalue weighted by Crippen LogP contribution is 2.26. The first kappa shape index (κ1) is 14.5. The van der Waals surface area contributed by atoms with Crippen molar-refractivity contribution in [1.82, 2.24) is 0 Å². The number of carboxylic acid groups (broad SMARTS) is 1. The zero-order valence-corrected chi connectivity index (χ0v) is 11.9. The van der Waals surface area contributed by atoms with Crippen molar-refractivity contribution in [2.45, 2.75) is 11.8 Å². The molecule has 0 aliphatic heterocycles. The van der Waals surface area contributed by atoms with Gasteiger partial charge in [-0.2, -0.15) is 0 Å². The molecule has 20 heavy (non-hydrogen) atoms. The average molecular weight is 315 g/mol. The number of anilines is 1. The second kappa shape index (κ2) is 5.22. The molecule has 0 bridgehead atoms. The molecule has 0 saturated heterocycles. The molecule has 2 N–H and O–H groups in total. The van der Waals surface area contributed by atoms with Gasteiger partial charge in [-0.05, 0) is 42.8 Å². The third-order valence-electron chi connectivity index (χ3n) is 2.48. The molecule has 0 saturated carbocycles. The number of rotatable bonds is 4. The summed E-state index contributed by atoms with van der Waals surface area (Å²) < 4.78 is 39.5. The van der Waals surface area contributed by atoms with E-state index in [0.717, 1.165) is 23.5 Å². The summed E-state index contributed by atoms with van der Waals surface area (Å²) in [5.41, 5.74) is 0.271. The monoisotopic (exact) mass is 315 g/mol. The standard InChI is InChI=1S/C12H10FNO4S2/c1-7-6-8(13)2-4-10(7)20(17,18)14-11-5-3-9(19-11)12(15)16/h2-6,14H,1H3,(H,15,16). The van der Waals surface area contributed by atoms with Gasteiger partial charge in [-0.25, -0.2) is 17.6 Å². The Hall–Kier alpha value is -1.93. The largest absolute Gasteiger partial charge is 0.477 e. The summed E-state index contributed by atoms with van der Waals surface area (Å²) in [7, 11) is -3.87. The lowest BCUT2D eigenvalue weighted by molar-refractivity contribution is 0.0702. The van der Waals surface area contributed by atoms with Crippen molar-refractivity contribution in [2.75, 3.05) is 4.72 Å². The molecule has 2 aromatic rings. The normalized spacial score (nSPS) is 11.3. The first-order valence-corrected chi connectivity index (χ1v) is 7.71. The van der Waals surface area contributed by atoms with Gasteiger partial charge in [-0.1, -0.05) is 0 Å². The highest BCUT2D eigenvalue weighted by molar-refractivity contribution is 7.93. The minimum absolute atomic E-state index is 0.0264. The van der Waals surface area contributed by atoms with Crippen LogP contribution in [-0.2, 0) is 10.0 Å². The Labute approximate surface area is 118 Å². The van der Waals surface area contributed by atoms with Crippen LogP contribution in [0.25, 0.3) is 0 Å². The maximum atomic E-state index is 13.0. The lowest BCUT2D eigenvalue weighted by Gasteiger charge is -2.08. The van der Waals surface area contributed by atoms with E-state index in [0.29, 0.717) is 0 Å². The van der Waals surface area contributed by atoms with Crippen molar-refractivity contribution >= 4 is 32.3 Å². The first-order chi connectivity index (χ1) is 9.29. The molecule has 1 aromatic carbocycles. The lowest BCUT2D eigenvalue weighted by atomic mass is 10.2. The van der Waals surface area contributed by atoms with E-state index in [1.165, 1.54) is 25.1 Å². The van der Waals surface area contributed by atoms with Gasteiger partial charge in [0.05, 0.1) is 4.90 Å². The van der Waals surface area contributed by atoms with Crippen LogP contribution in [0, 0.1) is 12.7 Å². The number of halogens is 1. The Morgan fingerprint density at radius 3 is 2.55 bits per heavy atom. The van der Waals surface area contributed by atoms with Crippen LogP contribution >= 0.6 is 11.3 Å². The van der Waals surface area contributed by atoms with Gasteiger partial charge in [0.2, 0.25) is 0 Å². The summed E-state index contributed by atoms with van der Waals surface area (Å²) >= 11 is 0.808. The summed E-state index contributed by atoms with van der Waals surface area (Å²) in [6.07, 6.45) is 0. The molecule has 106 valence electrons. The van der Waals surface area contributed by atoms with Crippen LogP contribution < -0.4 is 4.72 Å². The van der Waals surface area contributed by atoms with E-state index in [4.69, 9.17) is 5.11 Å². The molecule has 1 aromatic heterocycles. The Balaban J connectivity index is 2.33. The van der Waals surface area contributed by atoms with Gasteiger partial charge in [0, 0.05) is 0 Å². The zero-order chi connectivity index (χ0) is 14.9. The first-order valence-electron chi connectivity index (χ1n) is 5.42. The highest BCUT2D eigenvalue weighted by Gasteiger charge is 2.19. The summed E-state index contributed by atoms with van der Waals surface area (Å²) in [5.74, 6) is -1.65. The smallest absolute Gasteiger partial charge is 0.345 e. The molecular formula is C12H10FNO4S2. The van der Waals surface area contributed by atoms with E-state index >= 15 is 0 Å². The van der Waals surface area contributed by atoms with Crippen LogP contribution in [0.2, 0.25) is 0 Å². The lowest BCUT2D eigenvalue weighted by Crippen LogP contribution is -2.13. The van der Waals surface area contributed by atoms with Crippen molar-refractivity contribution in [3.63, 3.8) is 0 Å². The van der Waals surface area contributed by atoms with Gasteiger partial charge in [0.15, 0.2) is 0 Å². The van der Waals surface area contributed by atoms with Crippen molar-refractivity contribution in [1.29, 1.82) is 0 Å². The number of carbonyl (C=O) groups is 1. The van der Waals surface area contributed by atoms with Crippen LogP contribution in [-0.4, -0.2) is 19.5 Å². The van der Waals surface area contributed by atoms with E-state index in [1.54, 1.807) is 0 Å². The minimum atomic E-state index is -3.87. The molecule has 0 aliphatic carbocycles. The van der Waals surface area contributed by atoms with Crippen molar-refractivity contribution < 1.29 is 22.7 Å². The van der Waals surface area contributed by atoms with Gasteiger partial charge in [0.25, 0.3) is 10.0 Å². The van der Waals surface area contributed by atoms with Gasteiger partial charge in [-0.15, -0.1) is 11.3 Å². The number of benzene rings is 1. The fourth-order valence-corrected chi connectivity index (χ4v) is 3.87. The number of aromatic carboxylic acids is 1. The Bertz CT molecular complexity index is 768. The topological polar surface area (TPSA) is 83.5 Å². The second-order valence-corrected chi connectivity index (χ2v) is 6.72. The van der Waals surface area contributed by atoms with Crippen LogP contribution in [0.3, 0.4) is 0 Å². The van der Waals surface area contributed by atoms with Gasteiger partial charge < -0.3 is 5.11 Å². The van der Waals surface area contributed by atoms with Crippen LogP contribution in [0.4, 0.5) is 9.39 Å². The maximum absolute atomic E-state index is 13.0. The molecule has 0 atom stereocenters. The number of sulfonamides is 1. The van der Waals surface area contributed by atoms with E-state index in [-0.39, 0.29) is 20.3 Å². The number of aryl methyl sites for hydroxylation is 1. The van der Waals surface area contributed by atoms with E-state index < -0.39 is 21.8 Å². The summed E-state index contributed by atoms with van der Waals surface area (Å²) in [6, 6.07) is 6.01. The van der Waals surface area contributed by atoms with Crippen molar-refractivity contribution in [2.24, 2.45) is 0 Å². The molecule has 2 rings (SSSR count). The third-order valence-corrected chi connectivity index (χ3v) is 5.12. The number of hydrogen-bond acceptors (Lipinski definition) is 4. The number of nitrogens with one attached hydrogen (secondary N) is 1. The predicted molar refractivity (Wildman–Crippen MR) is 73.2 cm³/mol. The van der Waals surface area contributed by atoms with Crippen LogP contribution in [0.15, 0.2) is 35.2 Å². The zero-order valence-electron chi connectivity index (χ0n) is 10.3. The Morgan fingerprint density at radius 2 is 2.00 bits per heavy atom. The van der Waals surface area contributed by atoms with Crippen LogP contribution in [0.1, 0.15) is 15.2 Å². The third kappa shape index (κ3) is 2.97. The summed E-state index contributed by atoms with van der Waals surface area (Å²) in [5, 5.41) is 8.97. The van der Waals surface area contributed by atoms with Gasteiger partial charge in [-0.3, -0.25) is 4.72 Å². The molecule has 1 heterocycles. The highest BCUT2D eigenvalue weighted by atomic mass is 32.2. The van der Waals surface area contributed by atoms with E-state index in [2.05, 4.69) is 4.72 Å². The number of hydrogen-bond donors (Lipinski definition) is 2. The molecular weight excluding hydrogens is 305 g/mol. The average Bonchev–Trinajstić information content (AvgIpc) is 2.76. The quantitative estimate of drug-likeness (QED) is 0.908. The Kier molecular flexibility index (Phi) is 3.78. The van der Waals surface area contributed by atoms with Crippen molar-refractivity contribution in [3.8, 4) is 0 Å². The molecule has 0 amide bonds. The maximum Gasteiger partial charge on any atom is 0.345 e. The van der Waals surface area contributed by atoms with Gasteiger partial charge >= 0.3 is 5.97 Å². The van der Waals surface area contributed by atoms with Crippen LogP contribution in [0.5, 0.6) is 0 Å².